The van der Waals surface area contributed by atoms with Crippen molar-refractivity contribution in [1.82, 2.24) is 0 Å². The minimum absolute atomic E-state index is 0.261. The SMILES string of the molecule is CCC(C)(CN)C(C)(O)COC. The van der Waals surface area contributed by atoms with Gasteiger partial charge in [-0.25, -0.2) is 0 Å². The monoisotopic (exact) mass is 175 g/mol. The Morgan fingerprint density at radius 2 is 1.92 bits per heavy atom. The normalized spacial score (nSPS) is 21.5. The highest BCUT2D eigenvalue weighted by atomic mass is 16.5. The van der Waals surface area contributed by atoms with Crippen molar-refractivity contribution in [2.24, 2.45) is 11.1 Å². The van der Waals surface area contributed by atoms with E-state index in [0.717, 1.165) is 6.42 Å². The number of methoxy groups -OCH3 is 1. The van der Waals surface area contributed by atoms with Gasteiger partial charge >= 0.3 is 0 Å². The molecule has 0 fully saturated rings. The molecule has 0 amide bonds. The van der Waals surface area contributed by atoms with Gasteiger partial charge in [-0.05, 0) is 13.3 Å². The molecule has 3 nitrogen and oxygen atoms in total. The van der Waals surface area contributed by atoms with Gasteiger partial charge in [0, 0.05) is 19.1 Å². The lowest BCUT2D eigenvalue weighted by Gasteiger charge is -2.41. The second kappa shape index (κ2) is 4.21. The average Bonchev–Trinajstić information content (AvgIpc) is 2.02. The van der Waals surface area contributed by atoms with Crippen molar-refractivity contribution < 1.29 is 9.84 Å². The summed E-state index contributed by atoms with van der Waals surface area (Å²) in [5.41, 5.74) is 4.52. The molecule has 0 aromatic rings. The first-order valence-electron chi connectivity index (χ1n) is 4.35. The van der Waals surface area contributed by atoms with Crippen LogP contribution in [-0.4, -0.2) is 31.0 Å². The van der Waals surface area contributed by atoms with Crippen molar-refractivity contribution in [3.63, 3.8) is 0 Å². The minimum Gasteiger partial charge on any atom is -0.387 e. The van der Waals surface area contributed by atoms with Gasteiger partial charge in [-0.15, -0.1) is 0 Å². The van der Waals surface area contributed by atoms with Gasteiger partial charge in [-0.2, -0.15) is 0 Å². The first-order chi connectivity index (χ1) is 5.43. The maximum absolute atomic E-state index is 10.0. The molecule has 0 aromatic heterocycles. The fourth-order valence-electron chi connectivity index (χ4n) is 1.20. The van der Waals surface area contributed by atoms with E-state index in [1.165, 1.54) is 0 Å². The van der Waals surface area contributed by atoms with Gasteiger partial charge in [-0.3, -0.25) is 0 Å². The molecule has 0 aromatic carbocycles. The molecular weight excluding hydrogens is 154 g/mol. The van der Waals surface area contributed by atoms with Crippen LogP contribution >= 0.6 is 0 Å². The van der Waals surface area contributed by atoms with Crippen molar-refractivity contribution in [2.75, 3.05) is 20.3 Å². The zero-order valence-electron chi connectivity index (χ0n) is 8.55. The quantitative estimate of drug-likeness (QED) is 0.648. The number of ether oxygens (including phenoxy) is 1. The molecule has 0 rings (SSSR count). The Morgan fingerprint density at radius 3 is 2.17 bits per heavy atom. The summed E-state index contributed by atoms with van der Waals surface area (Å²) in [7, 11) is 1.58. The minimum atomic E-state index is -0.842. The second-order valence-corrected chi connectivity index (χ2v) is 3.83. The summed E-state index contributed by atoms with van der Waals surface area (Å²) < 4.78 is 4.95. The van der Waals surface area contributed by atoms with E-state index >= 15 is 0 Å². The first kappa shape index (κ1) is 11.9. The molecule has 0 aliphatic heterocycles. The maximum atomic E-state index is 10.0. The van der Waals surface area contributed by atoms with Crippen LogP contribution in [0.4, 0.5) is 0 Å². The molecule has 2 unspecified atom stereocenters. The van der Waals surface area contributed by atoms with E-state index in [0.29, 0.717) is 13.2 Å². The Kier molecular flexibility index (Phi) is 4.17. The van der Waals surface area contributed by atoms with Crippen LogP contribution in [0.2, 0.25) is 0 Å². The predicted octanol–water partition coefficient (Wildman–Crippen LogP) is 0.759. The molecule has 0 saturated heterocycles. The Balaban J connectivity index is 4.46. The zero-order chi connectivity index (χ0) is 9.83. The molecule has 0 bridgehead atoms. The van der Waals surface area contributed by atoms with Crippen molar-refractivity contribution in [1.29, 1.82) is 0 Å². The molecule has 0 saturated carbocycles. The molecular formula is C9H21NO2. The largest absolute Gasteiger partial charge is 0.387 e. The van der Waals surface area contributed by atoms with Crippen LogP contribution < -0.4 is 5.73 Å². The zero-order valence-corrected chi connectivity index (χ0v) is 8.55. The molecule has 74 valence electrons. The topological polar surface area (TPSA) is 55.5 Å². The van der Waals surface area contributed by atoms with Crippen molar-refractivity contribution in [3.05, 3.63) is 0 Å². The van der Waals surface area contributed by atoms with Gasteiger partial charge in [0.05, 0.1) is 12.2 Å². The van der Waals surface area contributed by atoms with Crippen LogP contribution in [0.25, 0.3) is 0 Å². The Morgan fingerprint density at radius 1 is 1.42 bits per heavy atom. The maximum Gasteiger partial charge on any atom is 0.0917 e. The number of nitrogens with two attached hydrogens (primary N) is 1. The van der Waals surface area contributed by atoms with Gasteiger partial charge in [0.2, 0.25) is 0 Å². The summed E-state index contributed by atoms with van der Waals surface area (Å²) in [6.07, 6.45) is 0.847. The summed E-state index contributed by atoms with van der Waals surface area (Å²) in [5.74, 6) is 0. The second-order valence-electron chi connectivity index (χ2n) is 3.83. The van der Waals surface area contributed by atoms with E-state index in [9.17, 15) is 5.11 Å². The standard InChI is InChI=1S/C9H21NO2/c1-5-8(2,6-10)9(3,11)7-12-4/h11H,5-7,10H2,1-4H3. The third kappa shape index (κ3) is 2.19. The summed E-state index contributed by atoms with van der Waals surface area (Å²) in [5, 5.41) is 10.0. The lowest BCUT2D eigenvalue weighted by molar-refractivity contribution is -0.103. The predicted molar refractivity (Wildman–Crippen MR) is 50.0 cm³/mol. The summed E-state index contributed by atoms with van der Waals surface area (Å²) >= 11 is 0. The van der Waals surface area contributed by atoms with Crippen LogP contribution in [0.5, 0.6) is 0 Å². The van der Waals surface area contributed by atoms with Crippen LogP contribution in [-0.2, 0) is 4.74 Å². The van der Waals surface area contributed by atoms with Crippen LogP contribution in [0.1, 0.15) is 27.2 Å². The summed E-state index contributed by atoms with van der Waals surface area (Å²) in [6.45, 7) is 6.57. The molecule has 0 heterocycles. The van der Waals surface area contributed by atoms with Crippen LogP contribution in [0, 0.1) is 5.41 Å². The molecule has 3 N–H and O–H groups in total. The molecule has 0 spiro atoms. The van der Waals surface area contributed by atoms with E-state index < -0.39 is 5.60 Å². The van der Waals surface area contributed by atoms with Crippen LogP contribution in [0.3, 0.4) is 0 Å². The van der Waals surface area contributed by atoms with Gasteiger partial charge in [0.25, 0.3) is 0 Å². The van der Waals surface area contributed by atoms with Crippen molar-refractivity contribution >= 4 is 0 Å². The number of aliphatic hydroxyl groups is 1. The molecule has 2 atom stereocenters. The third-order valence-corrected chi connectivity index (χ3v) is 2.96. The summed E-state index contributed by atoms with van der Waals surface area (Å²) in [4.78, 5) is 0. The average molecular weight is 175 g/mol. The van der Waals surface area contributed by atoms with E-state index in [1.54, 1.807) is 14.0 Å². The number of hydrogen-bond donors (Lipinski definition) is 2. The number of rotatable bonds is 5. The Labute approximate surface area is 74.9 Å². The third-order valence-electron chi connectivity index (χ3n) is 2.96. The van der Waals surface area contributed by atoms with Crippen LogP contribution in [0.15, 0.2) is 0 Å². The van der Waals surface area contributed by atoms with Gasteiger partial charge in [0.15, 0.2) is 0 Å². The highest BCUT2D eigenvalue weighted by Crippen LogP contribution is 2.33. The molecule has 12 heavy (non-hydrogen) atoms. The molecule has 0 aliphatic rings. The molecule has 0 aliphatic carbocycles. The van der Waals surface area contributed by atoms with E-state index in [-0.39, 0.29) is 5.41 Å². The van der Waals surface area contributed by atoms with Crippen molar-refractivity contribution in [3.8, 4) is 0 Å². The lowest BCUT2D eigenvalue weighted by Crippen LogP contribution is -2.51. The lowest BCUT2D eigenvalue weighted by atomic mass is 9.73. The van der Waals surface area contributed by atoms with E-state index in [2.05, 4.69) is 0 Å². The van der Waals surface area contributed by atoms with Gasteiger partial charge in [0.1, 0.15) is 0 Å². The fraction of sp³-hybridized carbons (Fsp3) is 1.00. The van der Waals surface area contributed by atoms with Gasteiger partial charge < -0.3 is 15.6 Å². The molecule has 0 radical (unpaired) electrons. The summed E-state index contributed by atoms with van der Waals surface area (Å²) in [6, 6.07) is 0. The van der Waals surface area contributed by atoms with E-state index in [4.69, 9.17) is 10.5 Å². The Hall–Kier alpha value is -0.120. The first-order valence-corrected chi connectivity index (χ1v) is 4.35. The number of hydrogen-bond acceptors (Lipinski definition) is 3. The fourth-order valence-corrected chi connectivity index (χ4v) is 1.20. The van der Waals surface area contributed by atoms with Crippen molar-refractivity contribution in [2.45, 2.75) is 32.8 Å². The highest BCUT2D eigenvalue weighted by molar-refractivity contribution is 4.92. The Bertz CT molecular complexity index is 130. The van der Waals surface area contributed by atoms with Gasteiger partial charge in [-0.1, -0.05) is 13.8 Å². The highest BCUT2D eigenvalue weighted by Gasteiger charge is 2.40. The molecule has 3 heteroatoms. The van der Waals surface area contributed by atoms with E-state index in [1.807, 2.05) is 13.8 Å². The smallest absolute Gasteiger partial charge is 0.0917 e.